The molecule has 0 aromatic carbocycles. The van der Waals surface area contributed by atoms with E-state index in [0.717, 1.165) is 0 Å². The van der Waals surface area contributed by atoms with Crippen LogP contribution in [0, 0.1) is 0 Å². The smallest absolute Gasteiger partial charge is 0.317 e. The average Bonchev–Trinajstić information content (AvgIpc) is 1.38. The molecule has 0 rings (SSSR count). The number of hydrogen-bond acceptors (Lipinski definition) is 2. The van der Waals surface area contributed by atoms with Crippen LogP contribution in [0.2, 0.25) is 0 Å². The Morgan fingerprint density at radius 1 is 1.83 bits per heavy atom. The first-order valence-corrected chi connectivity index (χ1v) is 1.19. The minimum absolute atomic E-state index is 0. The first-order chi connectivity index (χ1) is 2.27. The van der Waals surface area contributed by atoms with Gasteiger partial charge >= 0.3 is 5.97 Å². The summed E-state index contributed by atoms with van der Waals surface area (Å²) in [4.78, 5) is 9.24. The van der Waals surface area contributed by atoms with Gasteiger partial charge in [-0.2, -0.15) is 0 Å². The fourth-order valence-corrected chi connectivity index (χ4v) is 0. The van der Waals surface area contributed by atoms with Crippen molar-refractivity contribution in [2.45, 2.75) is 0 Å². The van der Waals surface area contributed by atoms with Gasteiger partial charge in [-0.3, -0.25) is 4.79 Å². The minimum Gasteiger partial charge on any atom is -0.480 e. The first-order valence-electron chi connectivity index (χ1n) is 1.19. The Morgan fingerprint density at radius 2 is 2.00 bits per heavy atom. The Bertz CT molecular complexity index is 46.8. The van der Waals surface area contributed by atoms with Crippen LogP contribution < -0.4 is 5.73 Å². The van der Waals surface area contributed by atoms with Crippen molar-refractivity contribution < 1.29 is 31.0 Å². The molecule has 3 nitrogen and oxygen atoms in total. The second kappa shape index (κ2) is 5.12. The third-order valence-electron chi connectivity index (χ3n) is 0.175. The molecular weight excluding hydrogens is 166 g/mol. The zero-order chi connectivity index (χ0) is 4.28. The topological polar surface area (TPSA) is 63.3 Å². The van der Waals surface area contributed by atoms with Crippen LogP contribution in [0.3, 0.4) is 0 Å². The van der Waals surface area contributed by atoms with E-state index in [1.807, 2.05) is 0 Å². The standard InChI is InChI=1S/C2H5NO2.Mo/c3-1-2(4)5;/h1,3H2,(H,4,5);. The van der Waals surface area contributed by atoms with E-state index in [9.17, 15) is 4.79 Å². The molecule has 4 heteroatoms. The Morgan fingerprint density at radius 3 is 2.00 bits per heavy atom. The van der Waals surface area contributed by atoms with Crippen molar-refractivity contribution in [3.63, 3.8) is 0 Å². The van der Waals surface area contributed by atoms with Crippen molar-refractivity contribution in [3.8, 4) is 0 Å². The predicted molar refractivity (Wildman–Crippen MR) is 16.7 cm³/mol. The van der Waals surface area contributed by atoms with Crippen LogP contribution >= 0.6 is 0 Å². The summed E-state index contributed by atoms with van der Waals surface area (Å²) >= 11 is 0. The number of carboxylic acid groups (broad SMARTS) is 1. The molecule has 0 saturated heterocycles. The van der Waals surface area contributed by atoms with E-state index in [-0.39, 0.29) is 27.6 Å². The van der Waals surface area contributed by atoms with Crippen LogP contribution in [0.5, 0.6) is 0 Å². The van der Waals surface area contributed by atoms with Gasteiger partial charge in [-0.15, -0.1) is 0 Å². The fraction of sp³-hybridized carbons (Fsp3) is 0.500. The Labute approximate surface area is 49.8 Å². The number of carboxylic acids is 1. The molecular formula is C2H5MoNO2. The molecule has 0 heterocycles. The molecule has 0 aliphatic heterocycles. The summed E-state index contributed by atoms with van der Waals surface area (Å²) in [5, 5.41) is 7.60. The molecule has 3 N–H and O–H groups in total. The van der Waals surface area contributed by atoms with Crippen molar-refractivity contribution in [3.05, 3.63) is 0 Å². The van der Waals surface area contributed by atoms with Crippen LogP contribution in [-0.4, -0.2) is 17.6 Å². The van der Waals surface area contributed by atoms with Gasteiger partial charge in [0.15, 0.2) is 0 Å². The molecule has 6 heavy (non-hydrogen) atoms. The largest absolute Gasteiger partial charge is 0.480 e. The number of aliphatic carboxylic acids is 1. The summed E-state index contributed by atoms with van der Waals surface area (Å²) < 4.78 is 0. The molecule has 0 amide bonds. The maximum Gasteiger partial charge on any atom is 0.317 e. The number of rotatable bonds is 1. The van der Waals surface area contributed by atoms with E-state index < -0.39 is 5.97 Å². The van der Waals surface area contributed by atoms with Gasteiger partial charge in [0.05, 0.1) is 6.54 Å². The summed E-state index contributed by atoms with van der Waals surface area (Å²) in [6.45, 7) is -0.278. The molecule has 0 atom stereocenters. The normalized spacial score (nSPS) is 6.17. The van der Waals surface area contributed by atoms with Gasteiger partial charge in [0, 0.05) is 21.1 Å². The molecule has 0 saturated carbocycles. The number of hydrogen-bond donors (Lipinski definition) is 2. The molecule has 0 spiro atoms. The molecule has 0 aliphatic carbocycles. The van der Waals surface area contributed by atoms with E-state index in [2.05, 4.69) is 5.73 Å². The Kier molecular flexibility index (Phi) is 8.06. The maximum atomic E-state index is 9.24. The van der Waals surface area contributed by atoms with E-state index >= 15 is 0 Å². The quantitative estimate of drug-likeness (QED) is 0.498. The van der Waals surface area contributed by atoms with Gasteiger partial charge in [0.1, 0.15) is 0 Å². The van der Waals surface area contributed by atoms with Crippen LogP contribution in [0.25, 0.3) is 0 Å². The molecule has 0 unspecified atom stereocenters. The van der Waals surface area contributed by atoms with Crippen LogP contribution in [0.4, 0.5) is 0 Å². The van der Waals surface area contributed by atoms with E-state index in [1.165, 1.54) is 0 Å². The maximum absolute atomic E-state index is 9.24. The van der Waals surface area contributed by atoms with Crippen molar-refractivity contribution in [1.29, 1.82) is 0 Å². The molecule has 0 aliphatic rings. The molecule has 0 radical (unpaired) electrons. The van der Waals surface area contributed by atoms with Gasteiger partial charge in [-0.1, -0.05) is 0 Å². The second-order valence-corrected chi connectivity index (χ2v) is 0.598. The third kappa shape index (κ3) is 8.92. The first kappa shape index (κ1) is 9.45. The molecule has 0 fully saturated rings. The molecule has 36 valence electrons. The third-order valence-corrected chi connectivity index (χ3v) is 0.175. The molecule has 0 aromatic heterocycles. The molecule has 0 bridgehead atoms. The van der Waals surface area contributed by atoms with Gasteiger partial charge in [-0.25, -0.2) is 0 Å². The van der Waals surface area contributed by atoms with E-state index in [4.69, 9.17) is 5.11 Å². The summed E-state index contributed by atoms with van der Waals surface area (Å²) in [5.41, 5.74) is 4.57. The number of carbonyl (C=O) groups is 1. The monoisotopic (exact) mass is 173 g/mol. The van der Waals surface area contributed by atoms with E-state index in [1.54, 1.807) is 0 Å². The van der Waals surface area contributed by atoms with Gasteiger partial charge in [-0.05, 0) is 0 Å². The fourth-order valence-electron chi connectivity index (χ4n) is 0. The van der Waals surface area contributed by atoms with E-state index in [0.29, 0.717) is 0 Å². The van der Waals surface area contributed by atoms with Gasteiger partial charge in [0.2, 0.25) is 0 Å². The average molecular weight is 171 g/mol. The zero-order valence-electron chi connectivity index (χ0n) is 3.05. The van der Waals surface area contributed by atoms with Gasteiger partial charge in [0.25, 0.3) is 0 Å². The second-order valence-electron chi connectivity index (χ2n) is 0.598. The van der Waals surface area contributed by atoms with Gasteiger partial charge < -0.3 is 10.8 Å². The van der Waals surface area contributed by atoms with Crippen molar-refractivity contribution >= 4 is 5.97 Å². The molecule has 0 aromatic rings. The summed E-state index contributed by atoms with van der Waals surface area (Å²) in [6, 6.07) is 0. The van der Waals surface area contributed by atoms with Crippen LogP contribution in [0.15, 0.2) is 0 Å². The van der Waals surface area contributed by atoms with Crippen molar-refractivity contribution in [2.75, 3.05) is 6.54 Å². The van der Waals surface area contributed by atoms with Crippen molar-refractivity contribution in [2.24, 2.45) is 5.73 Å². The summed E-state index contributed by atoms with van der Waals surface area (Å²) in [6.07, 6.45) is 0. The Hall–Kier alpha value is 0.118. The van der Waals surface area contributed by atoms with Crippen LogP contribution in [-0.2, 0) is 25.9 Å². The number of nitrogens with two attached hydrogens (primary N) is 1. The summed E-state index contributed by atoms with van der Waals surface area (Å²) in [5.74, 6) is -0.968. The minimum atomic E-state index is -0.968. The Balaban J connectivity index is 0. The van der Waals surface area contributed by atoms with Crippen LogP contribution in [0.1, 0.15) is 0 Å². The summed E-state index contributed by atoms with van der Waals surface area (Å²) in [7, 11) is 0. The SMILES string of the molecule is NCC(=O)O.[Mo]. The predicted octanol–water partition coefficient (Wildman–Crippen LogP) is -0.973. The zero-order valence-corrected chi connectivity index (χ0v) is 5.06. The van der Waals surface area contributed by atoms with Crippen molar-refractivity contribution in [1.82, 2.24) is 0 Å².